The number of hydrogen-bond acceptors (Lipinski definition) is 4. The SMILES string of the molecule is CCC(NN)C1SCCSC1C. The fourth-order valence-electron chi connectivity index (χ4n) is 1.54. The molecule has 0 aliphatic carbocycles. The maximum Gasteiger partial charge on any atom is 0.0337 e. The van der Waals surface area contributed by atoms with Crippen LogP contribution >= 0.6 is 23.5 Å². The van der Waals surface area contributed by atoms with Crippen LogP contribution in [-0.2, 0) is 0 Å². The zero-order chi connectivity index (χ0) is 8.97. The number of thioether (sulfide) groups is 2. The molecule has 2 nitrogen and oxygen atoms in total. The molecule has 72 valence electrons. The Kier molecular flexibility index (Phi) is 4.79. The lowest BCUT2D eigenvalue weighted by Crippen LogP contribution is -2.47. The number of hydrazine groups is 1. The third kappa shape index (κ3) is 2.55. The Morgan fingerprint density at radius 1 is 1.50 bits per heavy atom. The van der Waals surface area contributed by atoms with Gasteiger partial charge >= 0.3 is 0 Å². The summed E-state index contributed by atoms with van der Waals surface area (Å²) in [5.74, 6) is 8.07. The molecule has 1 aliphatic rings. The van der Waals surface area contributed by atoms with Gasteiger partial charge in [-0.3, -0.25) is 11.3 Å². The van der Waals surface area contributed by atoms with Crippen molar-refractivity contribution in [3.8, 4) is 0 Å². The van der Waals surface area contributed by atoms with Crippen LogP contribution in [0.3, 0.4) is 0 Å². The van der Waals surface area contributed by atoms with E-state index in [-0.39, 0.29) is 0 Å². The molecule has 0 amide bonds. The van der Waals surface area contributed by atoms with Gasteiger partial charge in [-0.1, -0.05) is 13.8 Å². The van der Waals surface area contributed by atoms with Gasteiger partial charge in [-0.15, -0.1) is 0 Å². The Hall–Kier alpha value is 0.620. The van der Waals surface area contributed by atoms with Crippen LogP contribution in [0, 0.1) is 0 Å². The molecule has 1 saturated heterocycles. The minimum atomic E-state index is 0.484. The van der Waals surface area contributed by atoms with Crippen molar-refractivity contribution in [3.05, 3.63) is 0 Å². The van der Waals surface area contributed by atoms with Gasteiger partial charge in [0.2, 0.25) is 0 Å². The topological polar surface area (TPSA) is 38.0 Å². The van der Waals surface area contributed by atoms with Crippen LogP contribution in [0.25, 0.3) is 0 Å². The lowest BCUT2D eigenvalue weighted by molar-refractivity contribution is 0.491. The Morgan fingerprint density at radius 3 is 2.67 bits per heavy atom. The van der Waals surface area contributed by atoms with E-state index < -0.39 is 0 Å². The van der Waals surface area contributed by atoms with Crippen molar-refractivity contribution in [1.29, 1.82) is 0 Å². The van der Waals surface area contributed by atoms with Crippen molar-refractivity contribution in [2.45, 2.75) is 36.8 Å². The monoisotopic (exact) mass is 206 g/mol. The molecule has 0 bridgehead atoms. The van der Waals surface area contributed by atoms with Gasteiger partial charge in [0.25, 0.3) is 0 Å². The van der Waals surface area contributed by atoms with E-state index in [0.29, 0.717) is 11.3 Å². The highest BCUT2D eigenvalue weighted by molar-refractivity contribution is 8.07. The summed E-state index contributed by atoms with van der Waals surface area (Å²) in [6.07, 6.45) is 1.12. The second-order valence-electron chi connectivity index (χ2n) is 3.09. The molecule has 1 aliphatic heterocycles. The molecule has 0 spiro atoms. The van der Waals surface area contributed by atoms with Gasteiger partial charge in [0.15, 0.2) is 0 Å². The van der Waals surface area contributed by atoms with Gasteiger partial charge in [-0.25, -0.2) is 0 Å². The number of rotatable bonds is 3. The highest BCUT2D eigenvalue weighted by Crippen LogP contribution is 2.33. The normalized spacial score (nSPS) is 33.2. The van der Waals surface area contributed by atoms with Gasteiger partial charge in [0.1, 0.15) is 0 Å². The Bertz CT molecular complexity index is 128. The largest absolute Gasteiger partial charge is 0.271 e. The summed E-state index contributed by atoms with van der Waals surface area (Å²) in [7, 11) is 0. The first-order chi connectivity index (χ1) is 5.79. The summed E-state index contributed by atoms with van der Waals surface area (Å²) in [6, 6.07) is 0.484. The van der Waals surface area contributed by atoms with Gasteiger partial charge in [0, 0.05) is 28.0 Å². The summed E-state index contributed by atoms with van der Waals surface area (Å²) >= 11 is 4.13. The van der Waals surface area contributed by atoms with Gasteiger partial charge in [-0.2, -0.15) is 23.5 Å². The number of hydrogen-bond donors (Lipinski definition) is 2. The Balaban J connectivity index is 2.45. The molecule has 3 N–H and O–H groups in total. The van der Waals surface area contributed by atoms with E-state index >= 15 is 0 Å². The molecule has 0 saturated carbocycles. The van der Waals surface area contributed by atoms with Gasteiger partial charge in [-0.05, 0) is 6.42 Å². The highest BCUT2D eigenvalue weighted by Gasteiger charge is 2.28. The molecular weight excluding hydrogens is 188 g/mol. The molecule has 12 heavy (non-hydrogen) atoms. The molecular formula is C8H18N2S2. The zero-order valence-electron chi connectivity index (χ0n) is 7.75. The van der Waals surface area contributed by atoms with E-state index in [0.717, 1.165) is 11.7 Å². The fraction of sp³-hybridized carbons (Fsp3) is 1.00. The summed E-state index contributed by atoms with van der Waals surface area (Å²) < 4.78 is 0. The quantitative estimate of drug-likeness (QED) is 0.542. The summed E-state index contributed by atoms with van der Waals surface area (Å²) in [6.45, 7) is 4.50. The van der Waals surface area contributed by atoms with E-state index in [4.69, 9.17) is 5.84 Å². The van der Waals surface area contributed by atoms with Gasteiger partial charge in [0.05, 0.1) is 0 Å². The van der Waals surface area contributed by atoms with Crippen molar-refractivity contribution >= 4 is 23.5 Å². The second-order valence-corrected chi connectivity index (χ2v) is 5.86. The molecule has 1 rings (SSSR count). The minimum absolute atomic E-state index is 0.484. The van der Waals surface area contributed by atoms with Crippen LogP contribution in [0.2, 0.25) is 0 Å². The smallest absolute Gasteiger partial charge is 0.0337 e. The summed E-state index contributed by atoms with van der Waals surface area (Å²) in [5, 5.41) is 1.43. The standard InChI is InChI=1S/C8H18N2S2/c1-3-7(10-9)8-6(2)11-4-5-12-8/h6-8,10H,3-5,9H2,1-2H3. The van der Waals surface area contributed by atoms with E-state index in [1.807, 2.05) is 0 Å². The molecule has 4 heteroatoms. The van der Waals surface area contributed by atoms with Crippen LogP contribution < -0.4 is 11.3 Å². The van der Waals surface area contributed by atoms with Crippen molar-refractivity contribution in [2.75, 3.05) is 11.5 Å². The highest BCUT2D eigenvalue weighted by atomic mass is 32.2. The van der Waals surface area contributed by atoms with Crippen molar-refractivity contribution < 1.29 is 0 Å². The maximum atomic E-state index is 5.50. The van der Waals surface area contributed by atoms with E-state index in [1.54, 1.807) is 0 Å². The molecule has 0 radical (unpaired) electrons. The molecule has 3 unspecified atom stereocenters. The van der Waals surface area contributed by atoms with Crippen LogP contribution in [0.1, 0.15) is 20.3 Å². The number of nitrogens with one attached hydrogen (secondary N) is 1. The van der Waals surface area contributed by atoms with Crippen LogP contribution in [0.5, 0.6) is 0 Å². The Labute approximate surface area is 83.4 Å². The molecule has 3 atom stereocenters. The van der Waals surface area contributed by atoms with Crippen LogP contribution in [0.15, 0.2) is 0 Å². The first kappa shape index (κ1) is 10.7. The van der Waals surface area contributed by atoms with Crippen molar-refractivity contribution in [3.63, 3.8) is 0 Å². The zero-order valence-corrected chi connectivity index (χ0v) is 9.38. The van der Waals surface area contributed by atoms with E-state index in [9.17, 15) is 0 Å². The minimum Gasteiger partial charge on any atom is -0.271 e. The summed E-state index contributed by atoms with van der Waals surface area (Å²) in [4.78, 5) is 0. The van der Waals surface area contributed by atoms with Crippen molar-refractivity contribution in [1.82, 2.24) is 5.43 Å². The predicted molar refractivity (Wildman–Crippen MR) is 59.6 cm³/mol. The summed E-state index contributed by atoms with van der Waals surface area (Å²) in [5.41, 5.74) is 2.92. The van der Waals surface area contributed by atoms with Crippen molar-refractivity contribution in [2.24, 2.45) is 5.84 Å². The maximum absolute atomic E-state index is 5.50. The molecule has 0 aromatic carbocycles. The Morgan fingerprint density at radius 2 is 2.17 bits per heavy atom. The number of nitrogens with two attached hydrogens (primary N) is 1. The molecule has 1 fully saturated rings. The molecule has 0 aromatic heterocycles. The first-order valence-corrected chi connectivity index (χ1v) is 6.58. The third-order valence-electron chi connectivity index (χ3n) is 2.29. The van der Waals surface area contributed by atoms with E-state index in [1.165, 1.54) is 11.5 Å². The van der Waals surface area contributed by atoms with Crippen LogP contribution in [-0.4, -0.2) is 28.0 Å². The van der Waals surface area contributed by atoms with Gasteiger partial charge < -0.3 is 0 Å². The fourth-order valence-corrected chi connectivity index (χ4v) is 4.58. The first-order valence-electron chi connectivity index (χ1n) is 4.49. The lowest BCUT2D eigenvalue weighted by Gasteiger charge is -2.33. The average Bonchev–Trinajstić information content (AvgIpc) is 2.10. The molecule has 0 aromatic rings. The second kappa shape index (κ2) is 5.37. The van der Waals surface area contributed by atoms with E-state index in [2.05, 4.69) is 42.8 Å². The predicted octanol–water partition coefficient (Wildman–Crippen LogP) is 1.47. The van der Waals surface area contributed by atoms with Crippen LogP contribution in [0.4, 0.5) is 0 Å². The average molecular weight is 206 g/mol. The third-order valence-corrected chi connectivity index (χ3v) is 5.54. The lowest BCUT2D eigenvalue weighted by atomic mass is 10.1. The molecule has 1 heterocycles.